The Kier molecular flexibility index (Phi) is 12.5. The summed E-state index contributed by atoms with van der Waals surface area (Å²) >= 11 is 0. The molecule has 2 atom stereocenters. The topological polar surface area (TPSA) is 196 Å². The number of ether oxygens (including phenoxy) is 5. The predicted molar refractivity (Wildman–Crippen MR) is 216 cm³/mol. The van der Waals surface area contributed by atoms with E-state index in [2.05, 4.69) is 21.5 Å². The summed E-state index contributed by atoms with van der Waals surface area (Å²) in [5.74, 6) is -0.299. The number of benzene rings is 3. The highest BCUT2D eigenvalue weighted by molar-refractivity contribution is 6.06. The van der Waals surface area contributed by atoms with Crippen LogP contribution in [-0.2, 0) is 30.2 Å². The second kappa shape index (κ2) is 18.6. The van der Waals surface area contributed by atoms with Gasteiger partial charge in [-0.2, -0.15) is 5.10 Å². The van der Waals surface area contributed by atoms with Crippen molar-refractivity contribution >= 4 is 23.4 Å². The summed E-state index contributed by atoms with van der Waals surface area (Å²) in [6.45, 7) is 2.85. The zero-order valence-electron chi connectivity index (χ0n) is 32.7. The molecule has 60 heavy (non-hydrogen) atoms. The molecule has 4 heterocycles. The van der Waals surface area contributed by atoms with Crippen LogP contribution in [0.15, 0.2) is 96.5 Å². The number of rotatable bonds is 18. The molecule has 2 aromatic heterocycles. The van der Waals surface area contributed by atoms with Gasteiger partial charge in [-0.15, -0.1) is 0 Å². The van der Waals surface area contributed by atoms with Gasteiger partial charge in [0.1, 0.15) is 36.4 Å². The van der Waals surface area contributed by atoms with Crippen molar-refractivity contribution < 1.29 is 48.4 Å². The minimum Gasteiger partial charge on any atom is -0.491 e. The number of amides is 3. The predicted octanol–water partition coefficient (Wildman–Crippen LogP) is 4.49. The fourth-order valence-electron chi connectivity index (χ4n) is 7.55. The minimum absolute atomic E-state index is 0.0977. The Balaban J connectivity index is 0.712. The lowest BCUT2D eigenvalue weighted by Crippen LogP contribution is -2.53. The molecule has 16 nitrogen and oxygen atoms in total. The van der Waals surface area contributed by atoms with Crippen LogP contribution >= 0.6 is 0 Å². The maximum absolute atomic E-state index is 12.9. The highest BCUT2D eigenvalue weighted by atomic mass is 16.6. The third-order valence-corrected chi connectivity index (χ3v) is 10.6. The van der Waals surface area contributed by atoms with E-state index in [0.29, 0.717) is 69.0 Å². The quantitative estimate of drug-likeness (QED) is 0.0486. The van der Waals surface area contributed by atoms with Gasteiger partial charge in [0.25, 0.3) is 5.91 Å². The summed E-state index contributed by atoms with van der Waals surface area (Å²) in [5, 5.41) is 30.9. The van der Waals surface area contributed by atoms with Gasteiger partial charge in [-0.3, -0.25) is 29.6 Å². The second-order valence-electron chi connectivity index (χ2n) is 14.3. The number of hydrogen-bond donors (Lipinski definition) is 3. The molecule has 8 rings (SSSR count). The van der Waals surface area contributed by atoms with Crippen LogP contribution in [0.2, 0.25) is 0 Å². The monoisotopic (exact) mass is 816 g/mol. The first-order chi connectivity index (χ1) is 29.4. The van der Waals surface area contributed by atoms with Crippen molar-refractivity contribution in [2.24, 2.45) is 5.16 Å². The van der Waals surface area contributed by atoms with E-state index in [1.807, 2.05) is 59.4 Å². The van der Waals surface area contributed by atoms with Crippen molar-refractivity contribution in [3.05, 3.63) is 114 Å². The van der Waals surface area contributed by atoms with Gasteiger partial charge in [0, 0.05) is 52.8 Å². The van der Waals surface area contributed by atoms with Gasteiger partial charge in [0.05, 0.1) is 51.0 Å². The van der Waals surface area contributed by atoms with E-state index < -0.39 is 30.0 Å². The molecule has 5 aromatic rings. The van der Waals surface area contributed by atoms with E-state index in [4.69, 9.17) is 28.8 Å². The SMILES string of the molecule is O=C1CCC(N2C(=O)c3ccc(OCCOCCOCCOCCOc4ccc(-n5cc(-c6ccc7c(c6)CC/C7=N\O)c(-c6ccncc6)n5)cc4)cc3C2O)C(=O)N1. The molecule has 310 valence electrons. The number of fused-ring (bicyclic) bond motifs is 2. The average molecular weight is 817 g/mol. The van der Waals surface area contributed by atoms with Gasteiger partial charge in [-0.1, -0.05) is 23.4 Å². The fourth-order valence-corrected chi connectivity index (χ4v) is 7.55. The summed E-state index contributed by atoms with van der Waals surface area (Å²) in [7, 11) is 0. The van der Waals surface area contributed by atoms with Crippen LogP contribution in [0.5, 0.6) is 11.5 Å². The van der Waals surface area contributed by atoms with E-state index in [1.165, 1.54) is 0 Å². The third-order valence-electron chi connectivity index (χ3n) is 10.6. The van der Waals surface area contributed by atoms with Crippen LogP contribution in [0.3, 0.4) is 0 Å². The van der Waals surface area contributed by atoms with E-state index in [9.17, 15) is 24.7 Å². The molecule has 1 saturated heterocycles. The maximum Gasteiger partial charge on any atom is 0.257 e. The molecule has 0 bridgehead atoms. The van der Waals surface area contributed by atoms with Crippen LogP contribution < -0.4 is 14.8 Å². The molecule has 3 amide bonds. The van der Waals surface area contributed by atoms with Crippen LogP contribution in [0.25, 0.3) is 28.1 Å². The summed E-state index contributed by atoms with van der Waals surface area (Å²) in [6, 6.07) is 21.7. The van der Waals surface area contributed by atoms with Gasteiger partial charge in [0.2, 0.25) is 11.8 Å². The molecular formula is C44H44N6O10. The van der Waals surface area contributed by atoms with Gasteiger partial charge < -0.3 is 34.0 Å². The van der Waals surface area contributed by atoms with E-state index in [0.717, 1.165) is 56.9 Å². The lowest BCUT2D eigenvalue weighted by Gasteiger charge is -2.31. The Hall–Kier alpha value is -6.46. The minimum atomic E-state index is -1.32. The third kappa shape index (κ3) is 8.91. The number of hydrogen-bond acceptors (Lipinski definition) is 13. The van der Waals surface area contributed by atoms with Crippen molar-refractivity contribution in [3.8, 4) is 39.6 Å². The zero-order valence-corrected chi connectivity index (χ0v) is 32.7. The van der Waals surface area contributed by atoms with Crippen molar-refractivity contribution in [3.63, 3.8) is 0 Å². The Bertz CT molecular complexity index is 2370. The van der Waals surface area contributed by atoms with Crippen molar-refractivity contribution in [2.75, 3.05) is 52.9 Å². The van der Waals surface area contributed by atoms with Gasteiger partial charge in [-0.05, 0) is 85.0 Å². The van der Waals surface area contributed by atoms with Gasteiger partial charge >= 0.3 is 0 Å². The molecule has 1 fully saturated rings. The largest absolute Gasteiger partial charge is 0.491 e. The number of aryl methyl sites for hydroxylation is 1. The smallest absolute Gasteiger partial charge is 0.257 e. The first-order valence-corrected chi connectivity index (χ1v) is 19.8. The molecule has 3 aliphatic rings. The zero-order chi connectivity index (χ0) is 41.4. The summed E-state index contributed by atoms with van der Waals surface area (Å²) in [5.41, 5.74) is 8.18. The Labute approximate surface area is 345 Å². The van der Waals surface area contributed by atoms with Crippen molar-refractivity contribution in [1.82, 2.24) is 25.0 Å². The number of pyridine rings is 1. The normalized spacial score (nSPS) is 17.9. The molecular weight excluding hydrogens is 773 g/mol. The van der Waals surface area contributed by atoms with E-state index >= 15 is 0 Å². The Morgan fingerprint density at radius 1 is 0.717 bits per heavy atom. The molecule has 16 heteroatoms. The van der Waals surface area contributed by atoms with E-state index in [1.54, 1.807) is 30.6 Å². The van der Waals surface area contributed by atoms with E-state index in [-0.39, 0.29) is 25.0 Å². The molecule has 0 radical (unpaired) electrons. The number of carbonyl (C=O) groups is 3. The number of imide groups is 1. The molecule has 2 unspecified atom stereocenters. The summed E-state index contributed by atoms with van der Waals surface area (Å²) < 4.78 is 30.3. The molecule has 0 spiro atoms. The average Bonchev–Trinajstić information content (AvgIpc) is 3.97. The number of oxime groups is 1. The van der Waals surface area contributed by atoms with Gasteiger partial charge in [0.15, 0.2) is 6.23 Å². The molecule has 1 aliphatic carbocycles. The van der Waals surface area contributed by atoms with Crippen LogP contribution in [0, 0.1) is 0 Å². The lowest BCUT2D eigenvalue weighted by molar-refractivity contribution is -0.139. The van der Waals surface area contributed by atoms with Crippen LogP contribution in [0.1, 0.15) is 52.5 Å². The number of aliphatic hydroxyl groups excluding tert-OH is 1. The number of carbonyl (C=O) groups excluding carboxylic acids is 3. The second-order valence-corrected chi connectivity index (χ2v) is 14.3. The Morgan fingerprint density at radius 3 is 2.08 bits per heavy atom. The number of aliphatic hydroxyl groups is 1. The van der Waals surface area contributed by atoms with Gasteiger partial charge in [-0.25, -0.2) is 4.68 Å². The molecule has 3 N–H and O–H groups in total. The first-order valence-electron chi connectivity index (χ1n) is 19.8. The lowest BCUT2D eigenvalue weighted by atomic mass is 9.98. The number of nitrogens with zero attached hydrogens (tertiary/aromatic N) is 5. The summed E-state index contributed by atoms with van der Waals surface area (Å²) in [6.07, 6.45) is 6.02. The maximum atomic E-state index is 12.9. The fraction of sp³-hybridized carbons (Fsp3) is 0.318. The summed E-state index contributed by atoms with van der Waals surface area (Å²) in [4.78, 5) is 42.0. The molecule has 2 aliphatic heterocycles. The van der Waals surface area contributed by atoms with Crippen LogP contribution in [0.4, 0.5) is 0 Å². The number of piperidine rings is 1. The van der Waals surface area contributed by atoms with Crippen molar-refractivity contribution in [2.45, 2.75) is 38.0 Å². The highest BCUT2D eigenvalue weighted by Gasteiger charge is 2.44. The number of nitrogens with one attached hydrogen (secondary N) is 1. The Morgan fingerprint density at radius 2 is 1.38 bits per heavy atom. The van der Waals surface area contributed by atoms with Crippen LogP contribution in [-0.4, -0.2) is 112 Å². The standard InChI is InChI=1S/C44H44N6O10/c51-40-12-11-39(42(52)46-40)50-43(53)35-9-7-33(26-36(35)44(50)54)60-24-22-58-20-18-56-17-19-57-21-23-59-32-5-3-31(4-6-32)49-27-37(41(47-49)28-13-15-45-16-14-28)30-1-8-34-29(25-30)2-10-38(34)48-55/h1,3-9,13-16,25-27,39,44,54-55H,2,10-12,17-24H2,(H,46,51,52)/b48-38+. The molecule has 0 saturated carbocycles. The molecule has 3 aromatic carbocycles. The van der Waals surface area contributed by atoms with Crippen molar-refractivity contribution in [1.29, 1.82) is 0 Å². The highest BCUT2D eigenvalue weighted by Crippen LogP contribution is 2.38. The first kappa shape index (κ1) is 40.3. The number of aromatic nitrogens is 3.